The summed E-state index contributed by atoms with van der Waals surface area (Å²) in [4.78, 5) is 8.09. The van der Waals surface area contributed by atoms with Crippen molar-refractivity contribution in [2.45, 2.75) is 24.4 Å². The van der Waals surface area contributed by atoms with Crippen LogP contribution in [-0.4, -0.2) is 46.6 Å². The van der Waals surface area contributed by atoms with Gasteiger partial charge in [0.2, 0.25) is 5.95 Å². The molecule has 10 nitrogen and oxygen atoms in total. The monoisotopic (exact) mass is 536 g/mol. The SMILES string of the molecule is Cc1cc(Nc2ncc(-c3nnc(C(F)(F)F)o3)c(N)n2)ccc1S(C)(=O)=O.OCCc1ccccc1. The number of nitrogens with two attached hydrogens (primary N) is 1. The van der Waals surface area contributed by atoms with Gasteiger partial charge in [0.05, 0.1) is 10.5 Å². The van der Waals surface area contributed by atoms with Crippen molar-refractivity contribution >= 4 is 27.3 Å². The number of hydrogen-bond donors (Lipinski definition) is 3. The Kier molecular flexibility index (Phi) is 8.45. The van der Waals surface area contributed by atoms with E-state index in [2.05, 4.69) is 29.9 Å². The second-order valence-electron chi connectivity index (χ2n) is 7.74. The molecule has 0 amide bonds. The summed E-state index contributed by atoms with van der Waals surface area (Å²) in [6, 6.07) is 14.5. The Hall–Kier alpha value is -4.04. The second-order valence-corrected chi connectivity index (χ2v) is 9.72. The van der Waals surface area contributed by atoms with Gasteiger partial charge in [-0.2, -0.15) is 18.2 Å². The first kappa shape index (κ1) is 27.5. The highest BCUT2D eigenvalue weighted by Crippen LogP contribution is 2.32. The number of halogens is 3. The minimum Gasteiger partial charge on any atom is -0.412 e. The molecule has 0 atom stereocenters. The number of hydrogen-bond acceptors (Lipinski definition) is 10. The van der Waals surface area contributed by atoms with E-state index in [1.165, 1.54) is 17.7 Å². The van der Waals surface area contributed by atoms with E-state index in [0.29, 0.717) is 11.3 Å². The zero-order valence-electron chi connectivity index (χ0n) is 19.7. The molecule has 0 saturated carbocycles. The van der Waals surface area contributed by atoms with E-state index in [4.69, 9.17) is 10.8 Å². The van der Waals surface area contributed by atoms with Gasteiger partial charge < -0.3 is 20.6 Å². The first-order valence-electron chi connectivity index (χ1n) is 10.6. The molecule has 4 rings (SSSR count). The lowest BCUT2D eigenvalue weighted by atomic mass is 10.2. The summed E-state index contributed by atoms with van der Waals surface area (Å²) in [6.45, 7) is 1.87. The first-order chi connectivity index (χ1) is 17.4. The fourth-order valence-electron chi connectivity index (χ4n) is 3.11. The van der Waals surface area contributed by atoms with E-state index in [1.807, 2.05) is 30.3 Å². The number of aromatic nitrogens is 4. The minimum absolute atomic E-state index is 0.0447. The second kappa shape index (κ2) is 11.3. The fourth-order valence-corrected chi connectivity index (χ4v) is 4.07. The first-order valence-corrected chi connectivity index (χ1v) is 12.5. The van der Waals surface area contributed by atoms with Crippen LogP contribution in [-0.2, 0) is 22.4 Å². The van der Waals surface area contributed by atoms with Crippen molar-refractivity contribution in [2.75, 3.05) is 23.9 Å². The number of nitrogen functional groups attached to an aromatic ring is 1. The average molecular weight is 537 g/mol. The largest absolute Gasteiger partial charge is 0.470 e. The minimum atomic E-state index is -4.78. The molecular formula is C23H23F3N6O4S. The van der Waals surface area contributed by atoms with Crippen molar-refractivity contribution in [1.82, 2.24) is 20.2 Å². The molecule has 2 aromatic heterocycles. The molecule has 0 unspecified atom stereocenters. The highest BCUT2D eigenvalue weighted by atomic mass is 32.2. The van der Waals surface area contributed by atoms with Gasteiger partial charge in [0.1, 0.15) is 5.82 Å². The highest BCUT2D eigenvalue weighted by molar-refractivity contribution is 7.90. The van der Waals surface area contributed by atoms with Crippen molar-refractivity contribution in [3.8, 4) is 11.5 Å². The van der Waals surface area contributed by atoms with Crippen molar-refractivity contribution in [1.29, 1.82) is 0 Å². The Balaban J connectivity index is 0.000000356. The molecular weight excluding hydrogens is 513 g/mol. The van der Waals surface area contributed by atoms with Crippen LogP contribution in [0.1, 0.15) is 17.0 Å². The molecule has 196 valence electrons. The number of aliphatic hydroxyl groups excluding tert-OH is 1. The molecule has 0 aliphatic heterocycles. The van der Waals surface area contributed by atoms with Crippen LogP contribution in [0.25, 0.3) is 11.5 Å². The number of anilines is 3. The van der Waals surface area contributed by atoms with Gasteiger partial charge in [-0.1, -0.05) is 30.3 Å². The molecule has 0 aliphatic carbocycles. The fraction of sp³-hybridized carbons (Fsp3) is 0.217. The van der Waals surface area contributed by atoms with Crippen LogP contribution in [0.5, 0.6) is 0 Å². The van der Waals surface area contributed by atoms with Crippen molar-refractivity contribution < 1.29 is 31.1 Å². The van der Waals surface area contributed by atoms with E-state index in [1.54, 1.807) is 13.0 Å². The van der Waals surface area contributed by atoms with E-state index < -0.39 is 27.8 Å². The Bertz CT molecular complexity index is 1460. The molecule has 4 N–H and O–H groups in total. The summed E-state index contributed by atoms with van der Waals surface area (Å²) in [5.74, 6) is -2.11. The number of benzene rings is 2. The summed E-state index contributed by atoms with van der Waals surface area (Å²) in [5, 5.41) is 17.6. The van der Waals surface area contributed by atoms with Gasteiger partial charge in [-0.3, -0.25) is 0 Å². The maximum Gasteiger partial charge on any atom is 0.470 e. The molecule has 37 heavy (non-hydrogen) atoms. The third kappa shape index (κ3) is 7.47. The van der Waals surface area contributed by atoms with Crippen LogP contribution in [0.4, 0.5) is 30.6 Å². The number of rotatable bonds is 6. The predicted octanol–water partition coefficient (Wildman–Crippen LogP) is 3.80. The zero-order chi connectivity index (χ0) is 27.2. The third-order valence-electron chi connectivity index (χ3n) is 4.79. The van der Waals surface area contributed by atoms with Crippen molar-refractivity contribution in [2.24, 2.45) is 0 Å². The average Bonchev–Trinajstić information content (AvgIpc) is 3.30. The molecule has 2 heterocycles. The van der Waals surface area contributed by atoms with Crippen LogP contribution in [0, 0.1) is 6.92 Å². The molecule has 14 heteroatoms. The number of alkyl halides is 3. The maximum atomic E-state index is 12.6. The lowest BCUT2D eigenvalue weighted by Gasteiger charge is -2.09. The Morgan fingerprint density at radius 2 is 1.81 bits per heavy atom. The summed E-state index contributed by atoms with van der Waals surface area (Å²) >= 11 is 0. The number of aliphatic hydroxyl groups is 1. The molecule has 0 bridgehead atoms. The molecule has 0 fully saturated rings. The van der Waals surface area contributed by atoms with Crippen LogP contribution >= 0.6 is 0 Å². The van der Waals surface area contributed by atoms with Crippen molar-refractivity contribution in [3.63, 3.8) is 0 Å². The van der Waals surface area contributed by atoms with Crippen LogP contribution in [0.15, 0.2) is 64.0 Å². The highest BCUT2D eigenvalue weighted by Gasteiger charge is 2.38. The summed E-state index contributed by atoms with van der Waals surface area (Å²) in [6.07, 6.45) is -1.78. The van der Waals surface area contributed by atoms with Gasteiger partial charge in [-0.15, -0.1) is 10.2 Å². The molecule has 0 spiro atoms. The zero-order valence-corrected chi connectivity index (χ0v) is 20.5. The molecule has 0 radical (unpaired) electrons. The van der Waals surface area contributed by atoms with Gasteiger partial charge >= 0.3 is 12.1 Å². The number of nitrogens with one attached hydrogen (secondary N) is 1. The molecule has 4 aromatic rings. The van der Waals surface area contributed by atoms with Crippen LogP contribution in [0.2, 0.25) is 0 Å². The van der Waals surface area contributed by atoms with Gasteiger partial charge in [0.15, 0.2) is 9.84 Å². The number of nitrogens with zero attached hydrogens (tertiary/aromatic N) is 4. The van der Waals surface area contributed by atoms with Crippen LogP contribution < -0.4 is 11.1 Å². The standard InChI is InChI=1S/C15H13F3N6O3S.C8H10O/c1-7-5-8(3-4-10(7)28(2,25)26)21-14-20-6-9(11(19)22-14)12-23-24-13(27-12)15(16,17)18;9-7-6-8-4-2-1-3-5-8/h3-6H,1-2H3,(H3,19,20,21,22);1-5,9H,6-7H2. The Morgan fingerprint density at radius 1 is 1.11 bits per heavy atom. The Morgan fingerprint density at radius 3 is 2.35 bits per heavy atom. The molecule has 0 aliphatic rings. The van der Waals surface area contributed by atoms with E-state index in [-0.39, 0.29) is 28.8 Å². The molecule has 2 aromatic carbocycles. The van der Waals surface area contributed by atoms with Gasteiger partial charge in [-0.25, -0.2) is 13.4 Å². The number of aryl methyl sites for hydroxylation is 1. The third-order valence-corrected chi connectivity index (χ3v) is 6.05. The lowest BCUT2D eigenvalue weighted by Crippen LogP contribution is -2.05. The van der Waals surface area contributed by atoms with E-state index >= 15 is 0 Å². The maximum absolute atomic E-state index is 12.6. The van der Waals surface area contributed by atoms with Crippen LogP contribution in [0.3, 0.4) is 0 Å². The summed E-state index contributed by atoms with van der Waals surface area (Å²) in [5.41, 5.74) is 7.90. The normalized spacial score (nSPS) is 11.5. The molecule has 0 saturated heterocycles. The summed E-state index contributed by atoms with van der Waals surface area (Å²) < 4.78 is 65.5. The van der Waals surface area contributed by atoms with Gasteiger partial charge in [0, 0.05) is 24.7 Å². The van der Waals surface area contributed by atoms with E-state index in [9.17, 15) is 21.6 Å². The topological polar surface area (TPSA) is 157 Å². The lowest BCUT2D eigenvalue weighted by molar-refractivity contribution is -0.156. The van der Waals surface area contributed by atoms with Gasteiger partial charge in [0.25, 0.3) is 5.89 Å². The van der Waals surface area contributed by atoms with Gasteiger partial charge in [-0.05, 0) is 42.7 Å². The van der Waals surface area contributed by atoms with E-state index in [0.717, 1.165) is 18.9 Å². The Labute approximate surface area is 210 Å². The quantitative estimate of drug-likeness (QED) is 0.331. The predicted molar refractivity (Wildman–Crippen MR) is 130 cm³/mol. The smallest absolute Gasteiger partial charge is 0.412 e. The number of sulfone groups is 1. The van der Waals surface area contributed by atoms with Crippen molar-refractivity contribution in [3.05, 3.63) is 71.7 Å². The summed E-state index contributed by atoms with van der Waals surface area (Å²) in [7, 11) is -3.36.